The van der Waals surface area contributed by atoms with E-state index in [1.807, 2.05) is 6.92 Å². The summed E-state index contributed by atoms with van der Waals surface area (Å²) in [5, 5.41) is 0. The number of anilines is 1. The summed E-state index contributed by atoms with van der Waals surface area (Å²) < 4.78 is 25.6. The van der Waals surface area contributed by atoms with Gasteiger partial charge < -0.3 is 8.74 Å². The van der Waals surface area contributed by atoms with Crippen LogP contribution in [0.15, 0.2) is 42.5 Å². The largest absolute Gasteiger partial charge is 0.740 e. The molecule has 0 aliphatic carbocycles. The first-order valence-electron chi connectivity index (χ1n) is 6.34. The monoisotopic (exact) mass is 316 g/mol. The molecule has 0 bridgehead atoms. The van der Waals surface area contributed by atoms with Crippen LogP contribution in [0.3, 0.4) is 0 Å². The van der Waals surface area contributed by atoms with Crippen molar-refractivity contribution in [3.8, 4) is 5.75 Å². The summed E-state index contributed by atoms with van der Waals surface area (Å²) >= 11 is -2.74. The predicted molar refractivity (Wildman–Crippen MR) is 78.3 cm³/mol. The first kappa shape index (κ1) is 14.4. The van der Waals surface area contributed by atoms with E-state index in [2.05, 4.69) is 4.18 Å². The lowest BCUT2D eigenvalue weighted by Gasteiger charge is -2.13. The van der Waals surface area contributed by atoms with Gasteiger partial charge >= 0.3 is 0 Å². The van der Waals surface area contributed by atoms with Gasteiger partial charge in [-0.05, 0) is 37.3 Å². The third kappa shape index (κ3) is 2.40. The maximum atomic E-state index is 12.4. The van der Waals surface area contributed by atoms with E-state index < -0.39 is 23.2 Å². The van der Waals surface area contributed by atoms with Gasteiger partial charge in [-0.3, -0.25) is 9.59 Å². The van der Waals surface area contributed by atoms with Gasteiger partial charge in [-0.2, -0.15) is 0 Å². The SMILES string of the molecule is Cc1ccc(N2C(=O)c3ccc(OS(=O)[O-])cc3C2=O)cc1. The smallest absolute Gasteiger partial charge is 0.266 e. The van der Waals surface area contributed by atoms with Gasteiger partial charge in [0.05, 0.1) is 16.8 Å². The van der Waals surface area contributed by atoms with Crippen LogP contribution in [-0.4, -0.2) is 20.6 Å². The summed E-state index contributed by atoms with van der Waals surface area (Å²) in [5.74, 6) is -0.969. The molecule has 112 valence electrons. The first-order chi connectivity index (χ1) is 10.5. The molecule has 0 saturated heterocycles. The third-order valence-corrected chi connectivity index (χ3v) is 3.64. The van der Waals surface area contributed by atoms with Crippen LogP contribution in [0.5, 0.6) is 5.75 Å². The summed E-state index contributed by atoms with van der Waals surface area (Å²) in [6, 6.07) is 10.9. The van der Waals surface area contributed by atoms with E-state index >= 15 is 0 Å². The van der Waals surface area contributed by atoms with Gasteiger partial charge in [0.1, 0.15) is 17.1 Å². The number of hydrogen-bond acceptors (Lipinski definition) is 5. The zero-order chi connectivity index (χ0) is 15.9. The number of nitrogens with zero attached hydrogens (tertiary/aromatic N) is 1. The Labute approximate surface area is 128 Å². The summed E-state index contributed by atoms with van der Waals surface area (Å²) in [6.45, 7) is 1.90. The van der Waals surface area contributed by atoms with Gasteiger partial charge in [-0.15, -0.1) is 0 Å². The van der Waals surface area contributed by atoms with E-state index in [1.54, 1.807) is 24.3 Å². The molecular formula is C15H10NO5S-. The zero-order valence-electron chi connectivity index (χ0n) is 11.4. The number of aryl methyl sites for hydroxylation is 1. The van der Waals surface area contributed by atoms with Crippen molar-refractivity contribution in [2.24, 2.45) is 0 Å². The molecule has 0 aromatic heterocycles. The van der Waals surface area contributed by atoms with E-state index in [-0.39, 0.29) is 16.9 Å². The highest BCUT2D eigenvalue weighted by atomic mass is 32.2. The molecule has 0 N–H and O–H groups in total. The van der Waals surface area contributed by atoms with Crippen LogP contribution in [0.4, 0.5) is 5.69 Å². The molecule has 0 radical (unpaired) electrons. The quantitative estimate of drug-likeness (QED) is 0.638. The van der Waals surface area contributed by atoms with Crippen molar-refractivity contribution in [3.05, 3.63) is 59.2 Å². The molecule has 2 amide bonds. The second-order valence-electron chi connectivity index (χ2n) is 4.78. The highest BCUT2D eigenvalue weighted by Crippen LogP contribution is 2.31. The molecule has 1 heterocycles. The van der Waals surface area contributed by atoms with Crippen molar-refractivity contribution in [1.29, 1.82) is 0 Å². The Bertz CT molecular complexity index is 800. The fourth-order valence-electron chi connectivity index (χ4n) is 2.28. The van der Waals surface area contributed by atoms with Crippen molar-refractivity contribution >= 4 is 28.9 Å². The average Bonchev–Trinajstić information content (AvgIpc) is 2.71. The second-order valence-corrected chi connectivity index (χ2v) is 5.35. The van der Waals surface area contributed by atoms with E-state index in [9.17, 15) is 18.4 Å². The summed E-state index contributed by atoms with van der Waals surface area (Å²) in [6.07, 6.45) is 0. The minimum Gasteiger partial charge on any atom is -0.740 e. The van der Waals surface area contributed by atoms with Gasteiger partial charge in [0.25, 0.3) is 11.8 Å². The van der Waals surface area contributed by atoms with Crippen LogP contribution in [0, 0.1) is 6.92 Å². The van der Waals surface area contributed by atoms with Gasteiger partial charge in [-0.1, -0.05) is 17.7 Å². The molecule has 0 fully saturated rings. The van der Waals surface area contributed by atoms with Crippen molar-refractivity contribution in [2.75, 3.05) is 4.90 Å². The Balaban J connectivity index is 2.01. The van der Waals surface area contributed by atoms with Gasteiger partial charge in [0, 0.05) is 0 Å². The number of carbonyl (C=O) groups is 2. The Kier molecular flexibility index (Phi) is 3.51. The fraction of sp³-hybridized carbons (Fsp3) is 0.0667. The topological polar surface area (TPSA) is 86.7 Å². The minimum absolute atomic E-state index is 0.0148. The third-order valence-electron chi connectivity index (χ3n) is 3.31. The Morgan fingerprint density at radius 2 is 1.64 bits per heavy atom. The molecule has 3 rings (SSSR count). The highest BCUT2D eigenvalue weighted by Gasteiger charge is 2.36. The van der Waals surface area contributed by atoms with E-state index in [0.717, 1.165) is 10.5 Å². The van der Waals surface area contributed by atoms with E-state index in [1.165, 1.54) is 18.2 Å². The van der Waals surface area contributed by atoms with Crippen LogP contribution < -0.4 is 9.08 Å². The molecule has 6 nitrogen and oxygen atoms in total. The number of imide groups is 1. The fourth-order valence-corrected chi connectivity index (χ4v) is 2.54. The lowest BCUT2D eigenvalue weighted by atomic mass is 10.1. The Morgan fingerprint density at radius 3 is 2.27 bits per heavy atom. The summed E-state index contributed by atoms with van der Waals surface area (Å²) in [4.78, 5) is 25.9. The molecule has 7 heteroatoms. The predicted octanol–water partition coefficient (Wildman–Crippen LogP) is 1.97. The van der Waals surface area contributed by atoms with Gasteiger partial charge in [0.2, 0.25) is 0 Å². The standard InChI is InChI=1S/C15H11NO5S/c1-9-2-4-10(5-3-9)16-14(17)12-7-6-11(21-22(19)20)8-13(12)15(16)18/h2-8H,1H3,(H,19,20)/p-1. The molecule has 0 spiro atoms. The number of carbonyl (C=O) groups excluding carboxylic acids is 2. The van der Waals surface area contributed by atoms with Crippen LogP contribution >= 0.6 is 0 Å². The number of hydrogen-bond donors (Lipinski definition) is 0. The highest BCUT2D eigenvalue weighted by molar-refractivity contribution is 7.74. The summed E-state index contributed by atoms with van der Waals surface area (Å²) in [5.41, 5.74) is 1.81. The van der Waals surface area contributed by atoms with Crippen molar-refractivity contribution in [1.82, 2.24) is 0 Å². The maximum Gasteiger partial charge on any atom is 0.266 e. The number of amides is 2. The van der Waals surface area contributed by atoms with Crippen LogP contribution in [0.2, 0.25) is 0 Å². The molecule has 2 aromatic rings. The summed E-state index contributed by atoms with van der Waals surface area (Å²) in [7, 11) is 0. The molecule has 22 heavy (non-hydrogen) atoms. The van der Waals surface area contributed by atoms with Crippen LogP contribution in [-0.2, 0) is 11.4 Å². The Morgan fingerprint density at radius 1 is 1.00 bits per heavy atom. The van der Waals surface area contributed by atoms with Crippen molar-refractivity contribution < 1.29 is 22.5 Å². The molecule has 1 aliphatic rings. The first-order valence-corrected chi connectivity index (χ1v) is 7.34. The van der Waals surface area contributed by atoms with Crippen molar-refractivity contribution in [3.63, 3.8) is 0 Å². The second kappa shape index (κ2) is 5.36. The lowest BCUT2D eigenvalue weighted by Crippen LogP contribution is -2.29. The van der Waals surface area contributed by atoms with Gasteiger partial charge in [-0.25, -0.2) is 9.11 Å². The molecular weight excluding hydrogens is 306 g/mol. The maximum absolute atomic E-state index is 12.4. The molecule has 0 saturated carbocycles. The molecule has 1 atom stereocenters. The van der Waals surface area contributed by atoms with Gasteiger partial charge in [0.15, 0.2) is 0 Å². The number of fused-ring (bicyclic) bond motifs is 1. The normalized spacial score (nSPS) is 14.9. The number of benzene rings is 2. The molecule has 1 unspecified atom stereocenters. The van der Waals surface area contributed by atoms with E-state index in [0.29, 0.717) is 5.69 Å². The zero-order valence-corrected chi connectivity index (χ0v) is 12.3. The van der Waals surface area contributed by atoms with Crippen LogP contribution in [0.25, 0.3) is 0 Å². The van der Waals surface area contributed by atoms with Crippen molar-refractivity contribution in [2.45, 2.75) is 6.92 Å². The van der Waals surface area contributed by atoms with E-state index in [4.69, 9.17) is 0 Å². The average molecular weight is 316 g/mol. The van der Waals surface area contributed by atoms with Crippen LogP contribution in [0.1, 0.15) is 26.3 Å². The minimum atomic E-state index is -2.74. The molecule has 1 aliphatic heterocycles. The number of rotatable bonds is 3. The Hall–Kier alpha value is -2.51. The molecule has 2 aromatic carbocycles. The lowest BCUT2D eigenvalue weighted by molar-refractivity contribution is 0.0926.